The number of carbonyl (C=O) groups is 2. The standard InChI is InChI=1S/C16H15BrClF3N4O2/c1-2-3-23-4-5-24(8-11(23)26)15(27)12-13(18)25-7-9(17)6-10(14(25)22-12)16(19,20)21/h6-7H,2-5,8H2,1H3. The normalized spacial score (nSPS) is 15.7. The van der Waals surface area contributed by atoms with E-state index in [-0.39, 0.29) is 34.3 Å². The summed E-state index contributed by atoms with van der Waals surface area (Å²) < 4.78 is 41.0. The Morgan fingerprint density at radius 1 is 1.37 bits per heavy atom. The van der Waals surface area contributed by atoms with E-state index in [2.05, 4.69) is 20.9 Å². The lowest BCUT2D eigenvalue weighted by Crippen LogP contribution is -2.52. The van der Waals surface area contributed by atoms with E-state index in [0.717, 1.165) is 16.9 Å². The van der Waals surface area contributed by atoms with E-state index in [9.17, 15) is 22.8 Å². The van der Waals surface area contributed by atoms with Crippen LogP contribution in [0.2, 0.25) is 5.15 Å². The molecule has 1 aliphatic heterocycles. The zero-order valence-corrected chi connectivity index (χ0v) is 16.5. The van der Waals surface area contributed by atoms with Crippen molar-refractivity contribution in [1.82, 2.24) is 19.2 Å². The molecule has 2 aromatic heterocycles. The summed E-state index contributed by atoms with van der Waals surface area (Å²) in [6.07, 6.45) is -2.56. The zero-order valence-electron chi connectivity index (χ0n) is 14.2. The van der Waals surface area contributed by atoms with Gasteiger partial charge in [0.15, 0.2) is 11.3 Å². The van der Waals surface area contributed by atoms with Crippen molar-refractivity contribution >= 4 is 45.0 Å². The van der Waals surface area contributed by atoms with Crippen molar-refractivity contribution in [3.63, 3.8) is 0 Å². The minimum absolute atomic E-state index is 0.143. The summed E-state index contributed by atoms with van der Waals surface area (Å²) in [5.41, 5.74) is -1.78. The highest BCUT2D eigenvalue weighted by atomic mass is 79.9. The topological polar surface area (TPSA) is 57.9 Å². The second-order valence-corrected chi connectivity index (χ2v) is 7.40. The van der Waals surface area contributed by atoms with Gasteiger partial charge in [-0.05, 0) is 28.4 Å². The van der Waals surface area contributed by atoms with Crippen molar-refractivity contribution < 1.29 is 22.8 Å². The summed E-state index contributed by atoms with van der Waals surface area (Å²) in [6.45, 7) is 3.02. The van der Waals surface area contributed by atoms with Gasteiger partial charge >= 0.3 is 6.18 Å². The number of hydrogen-bond acceptors (Lipinski definition) is 3. The molecule has 11 heteroatoms. The lowest BCUT2D eigenvalue weighted by atomic mass is 10.2. The van der Waals surface area contributed by atoms with Crippen molar-refractivity contribution in [2.24, 2.45) is 0 Å². The van der Waals surface area contributed by atoms with Crippen LogP contribution in [0.15, 0.2) is 16.7 Å². The Morgan fingerprint density at radius 2 is 2.07 bits per heavy atom. The second-order valence-electron chi connectivity index (χ2n) is 6.12. The van der Waals surface area contributed by atoms with Crippen molar-refractivity contribution in [2.45, 2.75) is 19.5 Å². The average molecular weight is 468 g/mol. The molecule has 146 valence electrons. The zero-order chi connectivity index (χ0) is 19.9. The molecule has 1 fully saturated rings. The van der Waals surface area contributed by atoms with Crippen LogP contribution in [0.25, 0.3) is 5.65 Å². The fourth-order valence-electron chi connectivity index (χ4n) is 2.97. The third-order valence-electron chi connectivity index (χ3n) is 4.24. The monoisotopic (exact) mass is 466 g/mol. The highest BCUT2D eigenvalue weighted by Gasteiger charge is 2.37. The minimum Gasteiger partial charge on any atom is -0.339 e. The van der Waals surface area contributed by atoms with Gasteiger partial charge in [0.25, 0.3) is 5.91 Å². The molecular weight excluding hydrogens is 453 g/mol. The molecule has 0 aromatic carbocycles. The third kappa shape index (κ3) is 3.77. The van der Waals surface area contributed by atoms with Crippen molar-refractivity contribution in [1.29, 1.82) is 0 Å². The van der Waals surface area contributed by atoms with Gasteiger partial charge in [-0.25, -0.2) is 4.98 Å². The predicted molar refractivity (Wildman–Crippen MR) is 95.7 cm³/mol. The molecule has 3 rings (SSSR count). The maximum atomic E-state index is 13.3. The fourth-order valence-corrected chi connectivity index (χ4v) is 3.65. The Bertz CT molecular complexity index is 915. The van der Waals surface area contributed by atoms with E-state index in [1.807, 2.05) is 6.92 Å². The van der Waals surface area contributed by atoms with Crippen molar-refractivity contribution in [2.75, 3.05) is 26.2 Å². The number of fused-ring (bicyclic) bond motifs is 1. The number of nitrogens with zero attached hydrogens (tertiary/aromatic N) is 4. The van der Waals surface area contributed by atoms with Crippen LogP contribution in [0.4, 0.5) is 13.2 Å². The lowest BCUT2D eigenvalue weighted by Gasteiger charge is -2.33. The Balaban J connectivity index is 1.97. The molecule has 1 aliphatic rings. The largest absolute Gasteiger partial charge is 0.420 e. The number of imidazole rings is 1. The molecular formula is C16H15BrClF3N4O2. The summed E-state index contributed by atoms with van der Waals surface area (Å²) in [6, 6.07) is 0.875. The molecule has 0 atom stereocenters. The van der Waals surface area contributed by atoms with Gasteiger partial charge in [0.1, 0.15) is 11.7 Å². The minimum atomic E-state index is -4.66. The molecule has 0 N–H and O–H groups in total. The number of aromatic nitrogens is 2. The summed E-state index contributed by atoms with van der Waals surface area (Å²) in [5.74, 6) is -0.882. The molecule has 2 aromatic rings. The van der Waals surface area contributed by atoms with Crippen molar-refractivity contribution in [3.8, 4) is 0 Å². The number of pyridine rings is 1. The SMILES string of the molecule is CCCN1CCN(C(=O)c2nc3c(C(F)(F)F)cc(Br)cn3c2Cl)CC1=O. The number of alkyl halides is 3. The van der Waals surface area contributed by atoms with Gasteiger partial charge in [-0.2, -0.15) is 13.2 Å². The van der Waals surface area contributed by atoms with Crippen molar-refractivity contribution in [3.05, 3.63) is 33.1 Å². The van der Waals surface area contributed by atoms with E-state index in [1.54, 1.807) is 4.90 Å². The van der Waals surface area contributed by atoms with Gasteiger partial charge in [-0.3, -0.25) is 14.0 Å². The van der Waals surface area contributed by atoms with Crippen LogP contribution in [0.5, 0.6) is 0 Å². The molecule has 0 saturated carbocycles. The number of halogens is 5. The molecule has 2 amide bonds. The van der Waals surface area contributed by atoms with Gasteiger partial charge in [0.05, 0.1) is 5.56 Å². The quantitative estimate of drug-likeness (QED) is 0.695. The first kappa shape index (κ1) is 19.9. The fraction of sp³-hybridized carbons (Fsp3) is 0.438. The summed E-state index contributed by atoms with van der Waals surface area (Å²) in [4.78, 5) is 31.6. The molecule has 0 unspecified atom stereocenters. The van der Waals surface area contributed by atoms with E-state index in [4.69, 9.17) is 11.6 Å². The molecule has 1 saturated heterocycles. The second kappa shape index (κ2) is 7.31. The maximum Gasteiger partial charge on any atom is 0.420 e. The molecule has 6 nitrogen and oxygen atoms in total. The summed E-state index contributed by atoms with van der Waals surface area (Å²) >= 11 is 9.16. The van der Waals surface area contributed by atoms with Gasteiger partial charge in [-0.15, -0.1) is 0 Å². The Kier molecular flexibility index (Phi) is 5.40. The summed E-state index contributed by atoms with van der Waals surface area (Å²) in [7, 11) is 0. The molecule has 0 aliphatic carbocycles. The van der Waals surface area contributed by atoms with Crippen LogP contribution in [-0.4, -0.2) is 57.2 Å². The highest BCUT2D eigenvalue weighted by molar-refractivity contribution is 9.10. The molecule has 0 bridgehead atoms. The number of rotatable bonds is 3. The van der Waals surface area contributed by atoms with Gasteiger partial charge < -0.3 is 9.80 Å². The Labute approximate surface area is 166 Å². The van der Waals surface area contributed by atoms with E-state index < -0.39 is 23.3 Å². The van der Waals surface area contributed by atoms with Crippen LogP contribution >= 0.6 is 27.5 Å². The average Bonchev–Trinajstić information content (AvgIpc) is 2.91. The maximum absolute atomic E-state index is 13.3. The number of hydrogen-bond donors (Lipinski definition) is 0. The Morgan fingerprint density at radius 3 is 2.67 bits per heavy atom. The first-order valence-electron chi connectivity index (χ1n) is 8.14. The van der Waals surface area contributed by atoms with Crippen LogP contribution in [-0.2, 0) is 11.0 Å². The van der Waals surface area contributed by atoms with E-state index in [1.165, 1.54) is 11.1 Å². The molecule has 0 spiro atoms. The lowest BCUT2D eigenvalue weighted by molar-refractivity contribution is -0.137. The Hall–Kier alpha value is -1.81. The molecule has 27 heavy (non-hydrogen) atoms. The van der Waals surface area contributed by atoms with E-state index >= 15 is 0 Å². The van der Waals surface area contributed by atoms with Crippen LogP contribution in [0, 0.1) is 0 Å². The van der Waals surface area contributed by atoms with E-state index in [0.29, 0.717) is 13.1 Å². The van der Waals surface area contributed by atoms with Gasteiger partial charge in [-0.1, -0.05) is 18.5 Å². The summed E-state index contributed by atoms with van der Waals surface area (Å²) in [5, 5.41) is -0.231. The molecule has 3 heterocycles. The first-order valence-corrected chi connectivity index (χ1v) is 9.32. The third-order valence-corrected chi connectivity index (χ3v) is 5.03. The predicted octanol–water partition coefficient (Wildman–Crippen LogP) is 3.46. The van der Waals surface area contributed by atoms with Gasteiger partial charge in [0.2, 0.25) is 5.91 Å². The smallest absolute Gasteiger partial charge is 0.339 e. The van der Waals surface area contributed by atoms with Crippen LogP contribution < -0.4 is 0 Å². The number of carbonyl (C=O) groups excluding carboxylic acids is 2. The van der Waals surface area contributed by atoms with Crippen LogP contribution in [0.1, 0.15) is 29.4 Å². The molecule has 0 radical (unpaired) electrons. The van der Waals surface area contributed by atoms with Crippen LogP contribution in [0.3, 0.4) is 0 Å². The highest BCUT2D eigenvalue weighted by Crippen LogP contribution is 2.36. The number of piperazine rings is 1. The number of amides is 2. The first-order chi connectivity index (χ1) is 12.6. The van der Waals surface area contributed by atoms with Gasteiger partial charge in [0, 0.05) is 30.3 Å².